The largest absolute Gasteiger partial charge is 0.504 e. The lowest BCUT2D eigenvalue weighted by atomic mass is 9.92. The van der Waals surface area contributed by atoms with Gasteiger partial charge in [0, 0.05) is 0 Å². The number of benzene rings is 1. The molecule has 0 unspecified atom stereocenters. The van der Waals surface area contributed by atoms with Crippen molar-refractivity contribution in [1.29, 1.82) is 0 Å². The van der Waals surface area contributed by atoms with E-state index in [-0.39, 0.29) is 11.3 Å². The van der Waals surface area contributed by atoms with Crippen molar-refractivity contribution in [2.75, 3.05) is 0 Å². The van der Waals surface area contributed by atoms with E-state index in [0.717, 1.165) is 43.2 Å². The molecule has 0 fully saturated rings. The van der Waals surface area contributed by atoms with E-state index in [0.29, 0.717) is 10.9 Å². The highest BCUT2D eigenvalue weighted by Gasteiger charge is 2.26. The van der Waals surface area contributed by atoms with Gasteiger partial charge in [0.2, 0.25) is 0 Å². The van der Waals surface area contributed by atoms with Crippen molar-refractivity contribution in [3.05, 3.63) is 21.2 Å². The zero-order valence-corrected chi connectivity index (χ0v) is 15.4. The zero-order chi connectivity index (χ0) is 16.0. The molecule has 21 heavy (non-hydrogen) atoms. The summed E-state index contributed by atoms with van der Waals surface area (Å²) in [7, 11) is 0. The molecule has 6 heteroatoms. The molecule has 0 aliphatic heterocycles. The normalized spacial score (nSPS) is 10.7. The Hall–Kier alpha value is -0.750. The summed E-state index contributed by atoms with van der Waals surface area (Å²) in [4.78, 5) is 12.0. The summed E-state index contributed by atoms with van der Waals surface area (Å²) in [5.41, 5.74) is 1.66. The van der Waals surface area contributed by atoms with E-state index < -0.39 is 11.7 Å². The van der Waals surface area contributed by atoms with Crippen molar-refractivity contribution < 1.29 is 18.8 Å². The van der Waals surface area contributed by atoms with E-state index in [1.54, 1.807) is 0 Å². The molecule has 0 saturated heterocycles. The molecular formula is C15H20Br2O4. The van der Waals surface area contributed by atoms with Crippen LogP contribution in [0.1, 0.15) is 61.0 Å². The third-order valence-electron chi connectivity index (χ3n) is 3.43. The van der Waals surface area contributed by atoms with Crippen LogP contribution in [0.2, 0.25) is 0 Å². The van der Waals surface area contributed by atoms with Crippen LogP contribution in [-0.2, 0) is 16.7 Å². The second kappa shape index (κ2) is 8.63. The summed E-state index contributed by atoms with van der Waals surface area (Å²) < 4.78 is 5.04. The minimum absolute atomic E-state index is 0.0483. The fourth-order valence-corrected chi connectivity index (χ4v) is 3.08. The minimum Gasteiger partial charge on any atom is -0.504 e. The lowest BCUT2D eigenvalue weighted by molar-refractivity contribution is 0.0776. The molecule has 0 aromatic heterocycles. The van der Waals surface area contributed by atoms with E-state index in [1.165, 1.54) is 0 Å². The van der Waals surface area contributed by atoms with Gasteiger partial charge in [0.15, 0.2) is 27.8 Å². The SMILES string of the molecule is CCCCc1c(Br)c(O)c(O)c(C(=O)OBr)c1CCCC. The number of unbranched alkanes of at least 4 members (excludes halogenated alkanes) is 2. The van der Waals surface area contributed by atoms with Crippen LogP contribution in [0.5, 0.6) is 11.5 Å². The summed E-state index contributed by atoms with van der Waals surface area (Å²) in [5, 5.41) is 20.1. The number of aromatic hydroxyl groups is 2. The summed E-state index contributed by atoms with van der Waals surface area (Å²) in [5.74, 6) is -1.44. The highest BCUT2D eigenvalue weighted by molar-refractivity contribution is 9.10. The van der Waals surface area contributed by atoms with Crippen molar-refractivity contribution in [2.24, 2.45) is 0 Å². The number of carbonyl (C=O) groups is 1. The second-order valence-corrected chi connectivity index (χ2v) is 6.03. The van der Waals surface area contributed by atoms with Crippen LogP contribution in [0.15, 0.2) is 4.47 Å². The van der Waals surface area contributed by atoms with Gasteiger partial charge in [-0.25, -0.2) is 4.79 Å². The summed E-state index contributed by atoms with van der Waals surface area (Å²) in [6.45, 7) is 4.14. The molecule has 1 aromatic carbocycles. The lowest BCUT2D eigenvalue weighted by Crippen LogP contribution is -2.09. The topological polar surface area (TPSA) is 66.8 Å². The molecule has 118 valence electrons. The predicted molar refractivity (Wildman–Crippen MR) is 89.0 cm³/mol. The van der Waals surface area contributed by atoms with Crippen LogP contribution in [0, 0.1) is 0 Å². The van der Waals surface area contributed by atoms with Crippen LogP contribution in [0.25, 0.3) is 0 Å². The van der Waals surface area contributed by atoms with Gasteiger partial charge in [-0.2, -0.15) is 0 Å². The number of phenolic OH excluding ortho intramolecular Hbond substituents is 2. The maximum atomic E-state index is 12.0. The van der Waals surface area contributed by atoms with Crippen LogP contribution in [-0.4, -0.2) is 16.2 Å². The van der Waals surface area contributed by atoms with Gasteiger partial charge >= 0.3 is 5.97 Å². The van der Waals surface area contributed by atoms with Crippen molar-refractivity contribution >= 4 is 38.2 Å². The number of carbonyl (C=O) groups excluding carboxylic acids is 1. The number of halogens is 2. The van der Waals surface area contributed by atoms with Crippen LogP contribution < -0.4 is 0 Å². The van der Waals surface area contributed by atoms with Gasteiger partial charge in [-0.15, -0.1) is 0 Å². The van der Waals surface area contributed by atoms with E-state index in [4.69, 9.17) is 0 Å². The molecule has 0 aliphatic carbocycles. The Morgan fingerprint density at radius 2 is 1.57 bits per heavy atom. The van der Waals surface area contributed by atoms with Crippen LogP contribution >= 0.6 is 32.2 Å². The number of rotatable bonds is 7. The Labute approximate surface area is 142 Å². The van der Waals surface area contributed by atoms with Gasteiger partial charge in [0.05, 0.1) is 4.47 Å². The Morgan fingerprint density at radius 1 is 1.05 bits per heavy atom. The highest BCUT2D eigenvalue weighted by atomic mass is 79.9. The van der Waals surface area contributed by atoms with Crippen LogP contribution in [0.3, 0.4) is 0 Å². The maximum absolute atomic E-state index is 12.0. The van der Waals surface area contributed by atoms with Crippen molar-refractivity contribution in [3.8, 4) is 11.5 Å². The fraction of sp³-hybridized carbons (Fsp3) is 0.533. The number of hydrogen-bond donors (Lipinski definition) is 2. The van der Waals surface area contributed by atoms with Gasteiger partial charge < -0.3 is 14.0 Å². The van der Waals surface area contributed by atoms with Gasteiger partial charge in [0.1, 0.15) is 5.56 Å². The Bertz CT molecular complexity index is 515. The predicted octanol–water partition coefficient (Wildman–Crippen LogP) is 5.01. The summed E-state index contributed by atoms with van der Waals surface area (Å²) >= 11 is 5.99. The average molecular weight is 424 g/mol. The Morgan fingerprint density at radius 3 is 2.05 bits per heavy atom. The van der Waals surface area contributed by atoms with Gasteiger partial charge in [-0.1, -0.05) is 26.7 Å². The van der Waals surface area contributed by atoms with Gasteiger partial charge in [-0.05, 0) is 52.7 Å². The van der Waals surface area contributed by atoms with Crippen molar-refractivity contribution in [3.63, 3.8) is 0 Å². The van der Waals surface area contributed by atoms with E-state index in [2.05, 4.69) is 49.9 Å². The first-order valence-corrected chi connectivity index (χ1v) is 8.51. The highest BCUT2D eigenvalue weighted by Crippen LogP contribution is 2.43. The average Bonchev–Trinajstić information content (AvgIpc) is 2.49. The van der Waals surface area contributed by atoms with E-state index >= 15 is 0 Å². The lowest BCUT2D eigenvalue weighted by Gasteiger charge is -2.18. The second-order valence-electron chi connectivity index (χ2n) is 4.92. The fourth-order valence-electron chi connectivity index (χ4n) is 2.29. The molecule has 1 rings (SSSR count). The first-order chi connectivity index (χ1) is 9.99. The molecular weight excluding hydrogens is 404 g/mol. The van der Waals surface area contributed by atoms with E-state index in [1.807, 2.05) is 0 Å². The molecule has 0 aliphatic rings. The number of phenols is 2. The molecule has 0 heterocycles. The summed E-state index contributed by atoms with van der Waals surface area (Å²) in [6.07, 6.45) is 5.17. The van der Waals surface area contributed by atoms with E-state index in [9.17, 15) is 15.0 Å². The molecule has 1 aromatic rings. The van der Waals surface area contributed by atoms with Gasteiger partial charge in [-0.3, -0.25) is 0 Å². The molecule has 0 radical (unpaired) electrons. The van der Waals surface area contributed by atoms with Crippen LogP contribution in [0.4, 0.5) is 0 Å². The monoisotopic (exact) mass is 422 g/mol. The molecule has 0 amide bonds. The molecule has 0 atom stereocenters. The number of hydrogen-bond acceptors (Lipinski definition) is 4. The smallest absolute Gasteiger partial charge is 0.353 e. The molecule has 0 saturated carbocycles. The Kier molecular flexibility index (Phi) is 7.52. The Balaban J connectivity index is 3.50. The van der Waals surface area contributed by atoms with Crippen molar-refractivity contribution in [2.45, 2.75) is 52.4 Å². The third-order valence-corrected chi connectivity index (χ3v) is 4.58. The first-order valence-electron chi connectivity index (χ1n) is 7.07. The quantitative estimate of drug-likeness (QED) is 0.604. The molecule has 2 N–H and O–H groups in total. The molecule has 4 nitrogen and oxygen atoms in total. The standard InChI is InChI=1S/C15H20Br2O4/c1-3-5-7-9-10(8-6-4-2)12(16)14(19)13(18)11(9)15(20)21-17/h18-19H,3-8H2,1-2H3. The third kappa shape index (κ3) is 4.13. The molecule has 0 bridgehead atoms. The van der Waals surface area contributed by atoms with Crippen molar-refractivity contribution in [1.82, 2.24) is 0 Å². The maximum Gasteiger partial charge on any atom is 0.353 e. The minimum atomic E-state index is -0.695. The molecule has 0 spiro atoms. The van der Waals surface area contributed by atoms with Gasteiger partial charge in [0.25, 0.3) is 0 Å². The first kappa shape index (κ1) is 18.3. The summed E-state index contributed by atoms with van der Waals surface area (Å²) in [6, 6.07) is 0. The zero-order valence-electron chi connectivity index (χ0n) is 12.2.